The summed E-state index contributed by atoms with van der Waals surface area (Å²) in [7, 11) is 2.07. The monoisotopic (exact) mass is 229 g/mol. The van der Waals surface area contributed by atoms with Gasteiger partial charge in [0.05, 0.1) is 6.10 Å². The third-order valence-corrected chi connectivity index (χ3v) is 3.53. The highest BCUT2D eigenvalue weighted by Crippen LogP contribution is 2.21. The number of rotatable bonds is 5. The number of carbonyl (C=O) groups is 1. The number of carboxylic acids is 1. The average Bonchev–Trinajstić information content (AvgIpc) is 2.64. The molecule has 1 saturated heterocycles. The van der Waals surface area contributed by atoms with Crippen LogP contribution in [0.5, 0.6) is 0 Å². The maximum Gasteiger partial charge on any atom is 0.332 e. The van der Waals surface area contributed by atoms with Crippen molar-refractivity contribution in [3.05, 3.63) is 0 Å². The van der Waals surface area contributed by atoms with Crippen molar-refractivity contribution >= 4 is 5.97 Å². The highest BCUT2D eigenvalue weighted by atomic mass is 16.5. The third kappa shape index (κ3) is 3.46. The molecule has 0 spiro atoms. The molecule has 0 aliphatic carbocycles. The maximum absolute atomic E-state index is 10.7. The first-order valence-electron chi connectivity index (χ1n) is 6.00. The number of carboxylic acid groups (broad SMARTS) is 1. The van der Waals surface area contributed by atoms with E-state index in [1.807, 2.05) is 0 Å². The van der Waals surface area contributed by atoms with Crippen LogP contribution in [0, 0.1) is 5.92 Å². The fourth-order valence-corrected chi connectivity index (χ4v) is 2.02. The summed E-state index contributed by atoms with van der Waals surface area (Å²) >= 11 is 0. The van der Waals surface area contributed by atoms with Gasteiger partial charge < -0.3 is 14.7 Å². The zero-order valence-corrected chi connectivity index (χ0v) is 10.6. The molecule has 4 nitrogen and oxygen atoms in total. The number of aliphatic carboxylic acids is 1. The molecule has 1 aliphatic heterocycles. The Kier molecular flexibility index (Phi) is 4.74. The molecule has 4 heteroatoms. The molecule has 0 radical (unpaired) electrons. The van der Waals surface area contributed by atoms with E-state index in [-0.39, 0.29) is 6.10 Å². The number of likely N-dealkylation sites (N-methyl/N-ethyl adjacent to an activating group) is 1. The predicted molar refractivity (Wildman–Crippen MR) is 62.5 cm³/mol. The normalized spacial score (nSPS) is 27.6. The molecule has 1 N–H and O–H groups in total. The van der Waals surface area contributed by atoms with Gasteiger partial charge in [0.15, 0.2) is 6.10 Å². The zero-order valence-electron chi connectivity index (χ0n) is 10.6. The highest BCUT2D eigenvalue weighted by molar-refractivity contribution is 5.72. The maximum atomic E-state index is 10.7. The second-order valence-electron chi connectivity index (χ2n) is 5.09. The van der Waals surface area contributed by atoms with E-state index in [0.29, 0.717) is 18.4 Å². The molecule has 1 aliphatic rings. The molecular weight excluding hydrogens is 206 g/mol. The van der Waals surface area contributed by atoms with Crippen LogP contribution in [-0.2, 0) is 9.53 Å². The van der Waals surface area contributed by atoms with Gasteiger partial charge in [-0.25, -0.2) is 4.79 Å². The molecule has 0 amide bonds. The molecule has 1 heterocycles. The molecular formula is C12H23NO3. The van der Waals surface area contributed by atoms with Gasteiger partial charge >= 0.3 is 5.97 Å². The van der Waals surface area contributed by atoms with Gasteiger partial charge in [0.2, 0.25) is 0 Å². The summed E-state index contributed by atoms with van der Waals surface area (Å²) in [4.78, 5) is 13.0. The van der Waals surface area contributed by atoms with Crippen LogP contribution in [0.1, 0.15) is 33.6 Å². The van der Waals surface area contributed by atoms with Crippen LogP contribution in [0.4, 0.5) is 0 Å². The summed E-state index contributed by atoms with van der Waals surface area (Å²) in [6.07, 6.45) is 0.982. The van der Waals surface area contributed by atoms with Crippen molar-refractivity contribution in [1.29, 1.82) is 0 Å². The topological polar surface area (TPSA) is 49.8 Å². The Bertz CT molecular complexity index is 242. The van der Waals surface area contributed by atoms with Gasteiger partial charge in [0, 0.05) is 12.6 Å². The highest BCUT2D eigenvalue weighted by Gasteiger charge is 2.31. The van der Waals surface area contributed by atoms with E-state index >= 15 is 0 Å². The number of hydrogen-bond donors (Lipinski definition) is 1. The smallest absolute Gasteiger partial charge is 0.332 e. The molecule has 0 saturated carbocycles. The average molecular weight is 229 g/mol. The quantitative estimate of drug-likeness (QED) is 0.778. The second kappa shape index (κ2) is 5.64. The molecule has 94 valence electrons. The standard InChI is InChI=1S/C12H23NO3/c1-8(2)9(3)13(4)7-10-5-6-11(16-10)12(14)15/h8-11H,5-7H2,1-4H3,(H,14,15). The molecule has 0 aromatic heterocycles. The van der Waals surface area contributed by atoms with Crippen LogP contribution in [-0.4, -0.2) is 47.8 Å². The van der Waals surface area contributed by atoms with Crippen molar-refractivity contribution in [2.24, 2.45) is 5.92 Å². The lowest BCUT2D eigenvalue weighted by molar-refractivity contribution is -0.149. The molecule has 3 unspecified atom stereocenters. The Labute approximate surface area is 97.6 Å². The van der Waals surface area contributed by atoms with Gasteiger partial charge in [-0.15, -0.1) is 0 Å². The number of ether oxygens (including phenoxy) is 1. The first-order valence-corrected chi connectivity index (χ1v) is 6.00. The van der Waals surface area contributed by atoms with Crippen LogP contribution < -0.4 is 0 Å². The summed E-state index contributed by atoms with van der Waals surface area (Å²) in [6, 6.07) is 0.493. The SMILES string of the molecule is CC(C)C(C)N(C)CC1CCC(C(=O)O)O1. The lowest BCUT2D eigenvalue weighted by atomic mass is 10.0. The van der Waals surface area contributed by atoms with Crippen molar-refractivity contribution < 1.29 is 14.6 Å². The fraction of sp³-hybridized carbons (Fsp3) is 0.917. The van der Waals surface area contributed by atoms with E-state index in [2.05, 4.69) is 32.7 Å². The third-order valence-electron chi connectivity index (χ3n) is 3.53. The Morgan fingerprint density at radius 1 is 1.44 bits per heavy atom. The molecule has 1 rings (SSSR count). The molecule has 16 heavy (non-hydrogen) atoms. The van der Waals surface area contributed by atoms with Gasteiger partial charge in [0.25, 0.3) is 0 Å². The summed E-state index contributed by atoms with van der Waals surface area (Å²) in [5.74, 6) is -0.233. The summed E-state index contributed by atoms with van der Waals surface area (Å²) in [5, 5.41) is 8.82. The molecule has 0 aromatic rings. The second-order valence-corrected chi connectivity index (χ2v) is 5.09. The van der Waals surface area contributed by atoms with Crippen LogP contribution in [0.3, 0.4) is 0 Å². The summed E-state index contributed by atoms with van der Waals surface area (Å²) in [6.45, 7) is 7.39. The minimum Gasteiger partial charge on any atom is -0.479 e. The first kappa shape index (κ1) is 13.5. The first-order chi connectivity index (χ1) is 7.41. The summed E-state index contributed by atoms with van der Waals surface area (Å²) < 4.78 is 5.48. The number of nitrogens with zero attached hydrogens (tertiary/aromatic N) is 1. The minimum atomic E-state index is -0.831. The van der Waals surface area contributed by atoms with E-state index in [0.717, 1.165) is 13.0 Å². The Balaban J connectivity index is 2.36. The molecule has 3 atom stereocenters. The fourth-order valence-electron chi connectivity index (χ4n) is 2.02. The van der Waals surface area contributed by atoms with E-state index in [1.165, 1.54) is 0 Å². The van der Waals surface area contributed by atoms with Gasteiger partial charge in [-0.05, 0) is 32.7 Å². The Morgan fingerprint density at radius 3 is 2.50 bits per heavy atom. The minimum absolute atomic E-state index is 0.0762. The predicted octanol–water partition coefficient (Wildman–Crippen LogP) is 1.59. The van der Waals surface area contributed by atoms with Crippen molar-refractivity contribution in [2.75, 3.05) is 13.6 Å². The van der Waals surface area contributed by atoms with Gasteiger partial charge in [-0.2, -0.15) is 0 Å². The zero-order chi connectivity index (χ0) is 12.3. The van der Waals surface area contributed by atoms with Crippen LogP contribution in [0.2, 0.25) is 0 Å². The lowest BCUT2D eigenvalue weighted by Gasteiger charge is -2.29. The van der Waals surface area contributed by atoms with Crippen LogP contribution in [0.25, 0.3) is 0 Å². The van der Waals surface area contributed by atoms with Crippen molar-refractivity contribution in [1.82, 2.24) is 4.90 Å². The van der Waals surface area contributed by atoms with E-state index in [4.69, 9.17) is 9.84 Å². The van der Waals surface area contributed by atoms with Crippen molar-refractivity contribution in [3.63, 3.8) is 0 Å². The largest absolute Gasteiger partial charge is 0.479 e. The van der Waals surface area contributed by atoms with E-state index in [9.17, 15) is 4.79 Å². The Hall–Kier alpha value is -0.610. The Morgan fingerprint density at radius 2 is 2.06 bits per heavy atom. The molecule has 0 aromatic carbocycles. The van der Waals surface area contributed by atoms with Crippen LogP contribution >= 0.6 is 0 Å². The van der Waals surface area contributed by atoms with Gasteiger partial charge in [0.1, 0.15) is 0 Å². The molecule has 0 bridgehead atoms. The lowest BCUT2D eigenvalue weighted by Crippen LogP contribution is -2.39. The summed E-state index contributed by atoms with van der Waals surface area (Å²) in [5.41, 5.74) is 0. The number of hydrogen-bond acceptors (Lipinski definition) is 3. The van der Waals surface area contributed by atoms with E-state index in [1.54, 1.807) is 0 Å². The van der Waals surface area contributed by atoms with Crippen LogP contribution in [0.15, 0.2) is 0 Å². The van der Waals surface area contributed by atoms with Crippen molar-refractivity contribution in [3.8, 4) is 0 Å². The van der Waals surface area contributed by atoms with Gasteiger partial charge in [-0.1, -0.05) is 13.8 Å². The van der Waals surface area contributed by atoms with E-state index < -0.39 is 12.1 Å². The van der Waals surface area contributed by atoms with Gasteiger partial charge in [-0.3, -0.25) is 0 Å². The van der Waals surface area contributed by atoms with Crippen molar-refractivity contribution in [2.45, 2.75) is 51.9 Å². The molecule has 1 fully saturated rings.